The second-order valence-electron chi connectivity index (χ2n) is 4.65. The van der Waals surface area contributed by atoms with Crippen molar-refractivity contribution < 1.29 is 4.42 Å². The average molecular weight is 288 g/mol. The Balaban J connectivity index is 2.22. The maximum Gasteiger partial charge on any atom is 0.154 e. The van der Waals surface area contributed by atoms with E-state index in [1.807, 2.05) is 32.0 Å². The normalized spacial score (nSPS) is 11.2. The first-order chi connectivity index (χ1) is 9.58. The van der Waals surface area contributed by atoms with E-state index in [0.29, 0.717) is 22.4 Å². The SMILES string of the molecule is CCc1nc(N)c(C)c(-c2cc3cc(Cl)ccc3o2)n1. The van der Waals surface area contributed by atoms with E-state index in [4.69, 9.17) is 21.8 Å². The van der Waals surface area contributed by atoms with Gasteiger partial charge in [-0.1, -0.05) is 18.5 Å². The van der Waals surface area contributed by atoms with Gasteiger partial charge in [-0.05, 0) is 31.2 Å². The summed E-state index contributed by atoms with van der Waals surface area (Å²) < 4.78 is 5.84. The van der Waals surface area contributed by atoms with E-state index in [2.05, 4.69) is 9.97 Å². The van der Waals surface area contributed by atoms with Gasteiger partial charge in [0.25, 0.3) is 0 Å². The molecule has 2 heterocycles. The first kappa shape index (κ1) is 12.9. The van der Waals surface area contributed by atoms with Gasteiger partial charge in [0, 0.05) is 22.4 Å². The van der Waals surface area contributed by atoms with Crippen LogP contribution in [0.15, 0.2) is 28.7 Å². The third-order valence-corrected chi connectivity index (χ3v) is 3.49. The molecule has 0 bridgehead atoms. The Bertz CT molecular complexity index is 795. The molecule has 0 aliphatic carbocycles. The molecule has 4 nitrogen and oxygen atoms in total. The molecule has 0 aliphatic rings. The lowest BCUT2D eigenvalue weighted by atomic mass is 10.1. The van der Waals surface area contributed by atoms with Crippen molar-refractivity contribution in [2.24, 2.45) is 0 Å². The van der Waals surface area contributed by atoms with Crippen LogP contribution in [0, 0.1) is 6.92 Å². The molecule has 1 aromatic carbocycles. The van der Waals surface area contributed by atoms with Gasteiger partial charge in [0.2, 0.25) is 0 Å². The number of hydrogen-bond acceptors (Lipinski definition) is 4. The molecule has 20 heavy (non-hydrogen) atoms. The van der Waals surface area contributed by atoms with Crippen LogP contribution in [-0.2, 0) is 6.42 Å². The van der Waals surface area contributed by atoms with Crippen molar-refractivity contribution in [2.45, 2.75) is 20.3 Å². The standard InChI is InChI=1S/C15H14ClN3O/c1-3-13-18-14(8(2)15(17)19-13)12-7-9-6-10(16)4-5-11(9)20-12/h4-7H,3H2,1-2H3,(H2,17,18,19). The summed E-state index contributed by atoms with van der Waals surface area (Å²) in [5, 5.41) is 1.63. The highest BCUT2D eigenvalue weighted by Gasteiger charge is 2.14. The Morgan fingerprint density at radius 2 is 2.05 bits per heavy atom. The molecule has 3 rings (SSSR count). The van der Waals surface area contributed by atoms with Crippen LogP contribution in [0.1, 0.15) is 18.3 Å². The maximum atomic E-state index is 5.99. The molecule has 2 N–H and O–H groups in total. The highest BCUT2D eigenvalue weighted by Crippen LogP contribution is 2.31. The lowest BCUT2D eigenvalue weighted by molar-refractivity contribution is 0.627. The minimum Gasteiger partial charge on any atom is -0.454 e. The summed E-state index contributed by atoms with van der Waals surface area (Å²) >= 11 is 5.99. The molecular formula is C15H14ClN3O. The fourth-order valence-corrected chi connectivity index (χ4v) is 2.29. The summed E-state index contributed by atoms with van der Waals surface area (Å²) in [4.78, 5) is 8.77. The second kappa shape index (κ2) is 4.80. The van der Waals surface area contributed by atoms with Crippen LogP contribution in [-0.4, -0.2) is 9.97 Å². The van der Waals surface area contributed by atoms with E-state index in [0.717, 1.165) is 28.6 Å². The van der Waals surface area contributed by atoms with Crippen LogP contribution >= 0.6 is 11.6 Å². The molecule has 0 unspecified atom stereocenters. The minimum atomic E-state index is 0.491. The van der Waals surface area contributed by atoms with E-state index in [9.17, 15) is 0 Å². The molecule has 0 fully saturated rings. The molecule has 2 aromatic heterocycles. The number of aryl methyl sites for hydroxylation is 1. The van der Waals surface area contributed by atoms with E-state index in [-0.39, 0.29) is 0 Å². The van der Waals surface area contributed by atoms with Crippen LogP contribution in [0.3, 0.4) is 0 Å². The Labute approximate surface area is 121 Å². The third-order valence-electron chi connectivity index (χ3n) is 3.26. The highest BCUT2D eigenvalue weighted by molar-refractivity contribution is 6.31. The van der Waals surface area contributed by atoms with Crippen LogP contribution in [0.5, 0.6) is 0 Å². The summed E-state index contributed by atoms with van der Waals surface area (Å²) in [5.74, 6) is 1.88. The molecule has 0 saturated heterocycles. The van der Waals surface area contributed by atoms with Gasteiger partial charge in [0.15, 0.2) is 5.76 Å². The number of nitrogens with zero attached hydrogens (tertiary/aromatic N) is 2. The Kier molecular flexibility index (Phi) is 3.10. The van der Waals surface area contributed by atoms with E-state index in [1.165, 1.54) is 0 Å². The number of nitrogen functional groups attached to an aromatic ring is 1. The molecule has 3 aromatic rings. The first-order valence-corrected chi connectivity index (χ1v) is 6.78. The van der Waals surface area contributed by atoms with E-state index in [1.54, 1.807) is 6.07 Å². The van der Waals surface area contributed by atoms with Gasteiger partial charge >= 0.3 is 0 Å². The smallest absolute Gasteiger partial charge is 0.154 e. The summed E-state index contributed by atoms with van der Waals surface area (Å²) in [6.07, 6.45) is 0.726. The quantitative estimate of drug-likeness (QED) is 0.774. The van der Waals surface area contributed by atoms with Crippen molar-refractivity contribution in [3.8, 4) is 11.5 Å². The van der Waals surface area contributed by atoms with Gasteiger partial charge in [0.05, 0.1) is 0 Å². The minimum absolute atomic E-state index is 0.491. The molecule has 5 heteroatoms. The number of nitrogens with two attached hydrogens (primary N) is 1. The van der Waals surface area contributed by atoms with Gasteiger partial charge in [-0.15, -0.1) is 0 Å². The molecule has 0 amide bonds. The predicted molar refractivity (Wildman–Crippen MR) is 80.8 cm³/mol. The van der Waals surface area contributed by atoms with Crippen LogP contribution in [0.2, 0.25) is 5.02 Å². The zero-order valence-electron chi connectivity index (χ0n) is 11.3. The van der Waals surface area contributed by atoms with E-state index >= 15 is 0 Å². The number of fused-ring (bicyclic) bond motifs is 1. The number of benzene rings is 1. The third kappa shape index (κ3) is 2.12. The molecule has 0 saturated carbocycles. The first-order valence-electron chi connectivity index (χ1n) is 6.41. The number of anilines is 1. The lowest BCUT2D eigenvalue weighted by Gasteiger charge is -2.06. The largest absolute Gasteiger partial charge is 0.454 e. The zero-order chi connectivity index (χ0) is 14.3. The summed E-state index contributed by atoms with van der Waals surface area (Å²) in [6, 6.07) is 7.44. The van der Waals surface area contributed by atoms with Crippen molar-refractivity contribution in [1.29, 1.82) is 0 Å². The Hall–Kier alpha value is -2.07. The van der Waals surface area contributed by atoms with Gasteiger partial charge in [0.1, 0.15) is 22.9 Å². The van der Waals surface area contributed by atoms with Crippen LogP contribution in [0.4, 0.5) is 5.82 Å². The van der Waals surface area contributed by atoms with Crippen LogP contribution < -0.4 is 5.73 Å². The zero-order valence-corrected chi connectivity index (χ0v) is 12.0. The molecular weight excluding hydrogens is 274 g/mol. The summed E-state index contributed by atoms with van der Waals surface area (Å²) in [7, 11) is 0. The van der Waals surface area contributed by atoms with Crippen molar-refractivity contribution in [3.63, 3.8) is 0 Å². The number of rotatable bonds is 2. The number of halogens is 1. The van der Waals surface area contributed by atoms with Crippen molar-refractivity contribution in [2.75, 3.05) is 5.73 Å². The Morgan fingerprint density at radius 1 is 1.25 bits per heavy atom. The van der Waals surface area contributed by atoms with Crippen molar-refractivity contribution in [3.05, 3.63) is 40.7 Å². The Morgan fingerprint density at radius 3 is 2.80 bits per heavy atom. The number of hydrogen-bond donors (Lipinski definition) is 1. The lowest BCUT2D eigenvalue weighted by Crippen LogP contribution is -2.03. The van der Waals surface area contributed by atoms with Gasteiger partial charge < -0.3 is 10.2 Å². The van der Waals surface area contributed by atoms with Gasteiger partial charge in [-0.2, -0.15) is 0 Å². The van der Waals surface area contributed by atoms with Crippen molar-refractivity contribution >= 4 is 28.4 Å². The fourth-order valence-electron chi connectivity index (χ4n) is 2.11. The average Bonchev–Trinajstić information content (AvgIpc) is 2.84. The van der Waals surface area contributed by atoms with Crippen molar-refractivity contribution in [1.82, 2.24) is 9.97 Å². The number of furan rings is 1. The summed E-state index contributed by atoms with van der Waals surface area (Å²) in [5.41, 5.74) is 8.28. The highest BCUT2D eigenvalue weighted by atomic mass is 35.5. The molecule has 102 valence electrons. The topological polar surface area (TPSA) is 64.9 Å². The predicted octanol–water partition coefficient (Wildman–Crippen LogP) is 4.00. The number of aromatic nitrogens is 2. The molecule has 0 aliphatic heterocycles. The second-order valence-corrected chi connectivity index (χ2v) is 5.08. The maximum absolute atomic E-state index is 5.99. The molecule has 0 spiro atoms. The summed E-state index contributed by atoms with van der Waals surface area (Å²) in [6.45, 7) is 3.89. The molecule has 0 radical (unpaired) electrons. The molecule has 0 atom stereocenters. The fraction of sp³-hybridized carbons (Fsp3) is 0.200. The van der Waals surface area contributed by atoms with E-state index < -0.39 is 0 Å². The van der Waals surface area contributed by atoms with Crippen LogP contribution in [0.25, 0.3) is 22.4 Å². The van der Waals surface area contributed by atoms with Gasteiger partial charge in [-0.25, -0.2) is 9.97 Å². The van der Waals surface area contributed by atoms with Gasteiger partial charge in [-0.3, -0.25) is 0 Å². The monoisotopic (exact) mass is 287 g/mol.